The Kier molecular flexibility index (Phi) is 3.88. The Hall–Kier alpha value is -1.14. The van der Waals surface area contributed by atoms with Crippen LogP contribution in [0.2, 0.25) is 0 Å². The Morgan fingerprint density at radius 2 is 1.92 bits per heavy atom. The summed E-state index contributed by atoms with van der Waals surface area (Å²) in [5.74, 6) is 0.832. The SMILES string of the molecule is NC(=O)CN1CCC[C@@H](C(=O)NC23C[C@H]4C[C@@H](CC(O)(C4)C2)C3)C1. The van der Waals surface area contributed by atoms with Crippen molar-refractivity contribution in [2.75, 3.05) is 19.6 Å². The number of nitrogens with two attached hydrogens (primary N) is 1. The number of hydrogen-bond acceptors (Lipinski definition) is 4. The fourth-order valence-electron chi connectivity index (χ4n) is 6.36. The van der Waals surface area contributed by atoms with Crippen molar-refractivity contribution in [3.63, 3.8) is 0 Å². The highest BCUT2D eigenvalue weighted by molar-refractivity contribution is 5.80. The fraction of sp³-hybridized carbons (Fsp3) is 0.889. The van der Waals surface area contributed by atoms with Gasteiger partial charge in [-0.1, -0.05) is 0 Å². The van der Waals surface area contributed by atoms with Crippen LogP contribution in [0, 0.1) is 17.8 Å². The molecular formula is C18H29N3O3. The standard InChI is InChI=1S/C18H29N3O3/c19-15(22)10-21-3-1-2-14(9-21)16(23)20-17-5-12-4-13(6-17)8-18(24,7-12)11-17/h12-14,24H,1-11H2,(H2,19,22)(H,20,23)/t12-,13-,14-,17?,18?/m1/s1. The van der Waals surface area contributed by atoms with Crippen LogP contribution >= 0.6 is 0 Å². The average Bonchev–Trinajstić information content (AvgIpc) is 2.43. The molecule has 1 heterocycles. The van der Waals surface area contributed by atoms with Crippen molar-refractivity contribution in [1.29, 1.82) is 0 Å². The zero-order valence-electron chi connectivity index (χ0n) is 14.3. The van der Waals surface area contributed by atoms with Crippen LogP contribution in [0.5, 0.6) is 0 Å². The lowest BCUT2D eigenvalue weighted by Crippen LogP contribution is -2.66. The molecule has 1 saturated heterocycles. The molecule has 2 amide bonds. The Balaban J connectivity index is 1.41. The lowest BCUT2D eigenvalue weighted by atomic mass is 9.51. The van der Waals surface area contributed by atoms with Crippen molar-refractivity contribution >= 4 is 11.8 Å². The zero-order valence-corrected chi connectivity index (χ0v) is 14.3. The van der Waals surface area contributed by atoms with Crippen molar-refractivity contribution in [3.05, 3.63) is 0 Å². The van der Waals surface area contributed by atoms with Crippen LogP contribution in [0.3, 0.4) is 0 Å². The van der Waals surface area contributed by atoms with Crippen LogP contribution in [0.25, 0.3) is 0 Å². The molecule has 6 nitrogen and oxygen atoms in total. The Morgan fingerprint density at radius 1 is 1.21 bits per heavy atom. The second kappa shape index (κ2) is 5.70. The number of nitrogens with zero attached hydrogens (tertiary/aromatic N) is 1. The van der Waals surface area contributed by atoms with Gasteiger partial charge in [0.15, 0.2) is 0 Å². The van der Waals surface area contributed by atoms with Crippen LogP contribution in [0.1, 0.15) is 51.4 Å². The minimum absolute atomic E-state index is 0.0688. The molecule has 0 radical (unpaired) electrons. The molecule has 134 valence electrons. The monoisotopic (exact) mass is 335 g/mol. The highest BCUT2D eigenvalue weighted by atomic mass is 16.3. The number of nitrogens with one attached hydrogen (secondary N) is 1. The minimum Gasteiger partial charge on any atom is -0.390 e. The molecule has 4 aliphatic carbocycles. The first-order chi connectivity index (χ1) is 11.3. The smallest absolute Gasteiger partial charge is 0.231 e. The molecule has 0 spiro atoms. The number of hydrogen-bond donors (Lipinski definition) is 3. The number of primary amides is 1. The summed E-state index contributed by atoms with van der Waals surface area (Å²) in [5.41, 5.74) is 4.54. The van der Waals surface area contributed by atoms with Gasteiger partial charge in [0.2, 0.25) is 11.8 Å². The van der Waals surface area contributed by atoms with Gasteiger partial charge < -0.3 is 16.2 Å². The number of rotatable bonds is 4. The van der Waals surface area contributed by atoms with E-state index in [4.69, 9.17) is 5.73 Å². The average molecular weight is 335 g/mol. The molecule has 0 aromatic rings. The summed E-state index contributed by atoms with van der Waals surface area (Å²) in [4.78, 5) is 26.0. The molecule has 24 heavy (non-hydrogen) atoms. The van der Waals surface area contributed by atoms with E-state index >= 15 is 0 Å². The van der Waals surface area contributed by atoms with E-state index in [2.05, 4.69) is 5.32 Å². The first kappa shape index (κ1) is 16.3. The molecule has 4 saturated carbocycles. The number of carbonyl (C=O) groups excluding carboxylic acids is 2. The maximum Gasteiger partial charge on any atom is 0.231 e. The molecular weight excluding hydrogens is 306 g/mol. The van der Waals surface area contributed by atoms with Crippen LogP contribution in [-0.2, 0) is 9.59 Å². The first-order valence-electron chi connectivity index (χ1n) is 9.40. The quantitative estimate of drug-likeness (QED) is 0.692. The van der Waals surface area contributed by atoms with Crippen molar-refractivity contribution in [1.82, 2.24) is 10.2 Å². The van der Waals surface area contributed by atoms with E-state index in [0.717, 1.165) is 51.5 Å². The van der Waals surface area contributed by atoms with Gasteiger partial charge in [0.25, 0.3) is 0 Å². The van der Waals surface area contributed by atoms with E-state index in [1.165, 1.54) is 6.42 Å². The van der Waals surface area contributed by atoms with Gasteiger partial charge in [-0.05, 0) is 69.7 Å². The molecule has 0 aromatic heterocycles. The molecule has 0 aromatic carbocycles. The Bertz CT molecular complexity index is 536. The summed E-state index contributed by atoms with van der Waals surface area (Å²) in [5, 5.41) is 14.2. The summed E-state index contributed by atoms with van der Waals surface area (Å²) in [6.07, 6.45) is 7.60. The molecule has 4 bridgehead atoms. The van der Waals surface area contributed by atoms with E-state index in [9.17, 15) is 14.7 Å². The molecule has 0 unspecified atom stereocenters. The second-order valence-corrected chi connectivity index (χ2v) is 9.00. The second-order valence-electron chi connectivity index (χ2n) is 9.00. The molecule has 4 N–H and O–H groups in total. The van der Waals surface area contributed by atoms with E-state index < -0.39 is 5.60 Å². The zero-order chi connectivity index (χ0) is 16.9. The molecule has 1 aliphatic heterocycles. The van der Waals surface area contributed by atoms with Crippen LogP contribution in [0.15, 0.2) is 0 Å². The number of amides is 2. The Morgan fingerprint density at radius 3 is 2.54 bits per heavy atom. The Labute approximate surface area is 143 Å². The molecule has 6 heteroatoms. The number of likely N-dealkylation sites (tertiary alicyclic amines) is 1. The van der Waals surface area contributed by atoms with Gasteiger partial charge in [-0.3, -0.25) is 14.5 Å². The third-order valence-corrected chi connectivity index (χ3v) is 6.67. The number of carbonyl (C=O) groups is 2. The van der Waals surface area contributed by atoms with Gasteiger partial charge in [0, 0.05) is 12.1 Å². The van der Waals surface area contributed by atoms with Crippen molar-refractivity contribution in [3.8, 4) is 0 Å². The molecule has 5 aliphatic rings. The number of piperidine rings is 1. The van der Waals surface area contributed by atoms with Crippen LogP contribution < -0.4 is 11.1 Å². The normalized spacial score (nSPS) is 44.5. The van der Waals surface area contributed by atoms with Gasteiger partial charge >= 0.3 is 0 Å². The highest BCUT2D eigenvalue weighted by Crippen LogP contribution is 2.57. The number of aliphatic hydroxyl groups is 1. The fourth-order valence-corrected chi connectivity index (χ4v) is 6.36. The summed E-state index contributed by atoms with van der Waals surface area (Å²) in [6, 6.07) is 0. The van der Waals surface area contributed by atoms with Crippen LogP contribution in [0.4, 0.5) is 0 Å². The van der Waals surface area contributed by atoms with E-state index in [1.807, 2.05) is 4.90 Å². The lowest BCUT2D eigenvalue weighted by molar-refractivity contribution is -0.153. The molecule has 5 rings (SSSR count). The largest absolute Gasteiger partial charge is 0.390 e. The predicted octanol–water partition coefficient (Wildman–Crippen LogP) is 0.384. The first-order valence-corrected chi connectivity index (χ1v) is 9.40. The van der Waals surface area contributed by atoms with Crippen molar-refractivity contribution in [2.24, 2.45) is 23.5 Å². The van der Waals surface area contributed by atoms with Crippen molar-refractivity contribution in [2.45, 2.75) is 62.5 Å². The minimum atomic E-state index is -0.554. The topological polar surface area (TPSA) is 95.7 Å². The van der Waals surface area contributed by atoms with E-state index in [0.29, 0.717) is 18.4 Å². The van der Waals surface area contributed by atoms with E-state index in [1.54, 1.807) is 0 Å². The summed E-state index contributed by atoms with van der Waals surface area (Å²) < 4.78 is 0. The maximum atomic E-state index is 12.9. The lowest BCUT2D eigenvalue weighted by Gasteiger charge is -2.60. The van der Waals surface area contributed by atoms with Gasteiger partial charge in [-0.2, -0.15) is 0 Å². The van der Waals surface area contributed by atoms with Crippen molar-refractivity contribution < 1.29 is 14.7 Å². The van der Waals surface area contributed by atoms with Crippen LogP contribution in [-0.4, -0.2) is 52.6 Å². The van der Waals surface area contributed by atoms with Gasteiger partial charge in [-0.25, -0.2) is 0 Å². The summed E-state index contributed by atoms with van der Waals surface area (Å²) >= 11 is 0. The molecule has 3 atom stereocenters. The third kappa shape index (κ3) is 3.06. The highest BCUT2D eigenvalue weighted by Gasteiger charge is 2.57. The predicted molar refractivity (Wildman–Crippen MR) is 88.9 cm³/mol. The van der Waals surface area contributed by atoms with E-state index in [-0.39, 0.29) is 29.8 Å². The van der Waals surface area contributed by atoms with Gasteiger partial charge in [0.05, 0.1) is 18.1 Å². The van der Waals surface area contributed by atoms with Gasteiger partial charge in [-0.15, -0.1) is 0 Å². The third-order valence-electron chi connectivity index (χ3n) is 6.67. The maximum absolute atomic E-state index is 12.9. The molecule has 5 fully saturated rings. The van der Waals surface area contributed by atoms with Gasteiger partial charge in [0.1, 0.15) is 0 Å². The summed E-state index contributed by atoms with van der Waals surface area (Å²) in [7, 11) is 0. The summed E-state index contributed by atoms with van der Waals surface area (Å²) in [6.45, 7) is 1.68.